The maximum absolute atomic E-state index is 12.8. The van der Waals surface area contributed by atoms with Gasteiger partial charge in [0.25, 0.3) is 0 Å². The molecule has 6 nitrogen and oxygen atoms in total. The molecule has 1 fully saturated rings. The van der Waals surface area contributed by atoms with Gasteiger partial charge in [-0.2, -0.15) is 0 Å². The molecule has 5 rings (SSSR count). The summed E-state index contributed by atoms with van der Waals surface area (Å²) in [7, 11) is 0. The molecular formula is C23H21N3O3. The van der Waals surface area contributed by atoms with Gasteiger partial charge in [-0.3, -0.25) is 4.79 Å². The average Bonchev–Trinajstić information content (AvgIpc) is 3.33. The Morgan fingerprint density at radius 2 is 1.79 bits per heavy atom. The first-order valence-electron chi connectivity index (χ1n) is 9.88. The summed E-state index contributed by atoms with van der Waals surface area (Å²) in [4.78, 5) is 29.3. The van der Waals surface area contributed by atoms with E-state index in [1.54, 1.807) is 6.33 Å². The number of para-hydroxylation sites is 1. The third-order valence-corrected chi connectivity index (χ3v) is 5.98. The Labute approximate surface area is 168 Å². The minimum atomic E-state index is -0.570. The number of esters is 1. The summed E-state index contributed by atoms with van der Waals surface area (Å²) in [6, 6.07) is 17.4. The number of rotatable bonds is 3. The van der Waals surface area contributed by atoms with Gasteiger partial charge in [-0.05, 0) is 43.9 Å². The second-order valence-electron chi connectivity index (χ2n) is 7.69. The Hall–Kier alpha value is -3.41. The number of carbonyl (C=O) groups excluding carboxylic acids is 2. The summed E-state index contributed by atoms with van der Waals surface area (Å²) < 4.78 is 7.65. The molecule has 3 aromatic rings. The lowest BCUT2D eigenvalue weighted by molar-refractivity contribution is -0.122. The maximum Gasteiger partial charge on any atom is 0.339 e. The van der Waals surface area contributed by atoms with Gasteiger partial charge in [-0.1, -0.05) is 36.4 Å². The first-order chi connectivity index (χ1) is 14.1. The second kappa shape index (κ2) is 6.88. The van der Waals surface area contributed by atoms with E-state index in [1.807, 2.05) is 65.4 Å². The molecule has 1 aromatic heterocycles. The molecule has 1 amide bonds. The smallest absolute Gasteiger partial charge is 0.339 e. The number of nitrogens with zero attached hydrogens (tertiary/aromatic N) is 2. The van der Waals surface area contributed by atoms with Crippen LogP contribution in [0.2, 0.25) is 0 Å². The number of ether oxygens (including phenoxy) is 1. The first kappa shape index (κ1) is 17.7. The van der Waals surface area contributed by atoms with E-state index in [0.29, 0.717) is 37.1 Å². The number of anilines is 1. The van der Waals surface area contributed by atoms with Gasteiger partial charge in [0.1, 0.15) is 11.9 Å². The average molecular weight is 387 g/mol. The Balaban J connectivity index is 1.25. The van der Waals surface area contributed by atoms with E-state index >= 15 is 0 Å². The van der Waals surface area contributed by atoms with Crippen LogP contribution >= 0.6 is 0 Å². The lowest BCUT2D eigenvalue weighted by atomic mass is 9.74. The quantitative estimate of drug-likeness (QED) is 0.688. The predicted octanol–water partition coefficient (Wildman–Crippen LogP) is 4.07. The Kier molecular flexibility index (Phi) is 4.19. The fraction of sp³-hybridized carbons (Fsp3) is 0.261. The van der Waals surface area contributed by atoms with Gasteiger partial charge < -0.3 is 14.6 Å². The highest BCUT2D eigenvalue weighted by Crippen LogP contribution is 2.48. The summed E-state index contributed by atoms with van der Waals surface area (Å²) in [6.45, 7) is 0. The van der Waals surface area contributed by atoms with Crippen LogP contribution in [0, 0.1) is 5.92 Å². The second-order valence-corrected chi connectivity index (χ2v) is 7.69. The van der Waals surface area contributed by atoms with Crippen molar-refractivity contribution in [3.8, 4) is 5.69 Å². The molecule has 1 saturated carbocycles. The molecule has 0 saturated heterocycles. The fourth-order valence-corrected chi connectivity index (χ4v) is 4.42. The number of hydrogen-bond acceptors (Lipinski definition) is 4. The Morgan fingerprint density at radius 1 is 1.07 bits per heavy atom. The SMILES string of the molecule is O=C1OC2(CCC(C(=O)Nc3cn(-c4ccccc4)cn3)CC2)c2ccccc21. The summed E-state index contributed by atoms with van der Waals surface area (Å²) in [6.07, 6.45) is 6.17. The molecule has 1 aliphatic carbocycles. The van der Waals surface area contributed by atoms with Gasteiger partial charge in [0.05, 0.1) is 11.8 Å². The summed E-state index contributed by atoms with van der Waals surface area (Å²) in [5.74, 6) is 0.136. The molecule has 0 radical (unpaired) electrons. The highest BCUT2D eigenvalue weighted by Gasteiger charge is 2.48. The first-order valence-corrected chi connectivity index (χ1v) is 9.88. The van der Waals surface area contributed by atoms with Crippen LogP contribution in [0.5, 0.6) is 0 Å². The number of benzene rings is 2. The number of aromatic nitrogens is 2. The van der Waals surface area contributed by atoms with Gasteiger partial charge >= 0.3 is 5.97 Å². The summed E-state index contributed by atoms with van der Waals surface area (Å²) >= 11 is 0. The molecule has 0 unspecified atom stereocenters. The molecule has 0 atom stereocenters. The molecule has 146 valence electrons. The van der Waals surface area contributed by atoms with E-state index in [0.717, 1.165) is 11.3 Å². The molecule has 2 aliphatic rings. The zero-order valence-corrected chi connectivity index (χ0v) is 15.9. The monoisotopic (exact) mass is 387 g/mol. The molecule has 0 bridgehead atoms. The van der Waals surface area contributed by atoms with Crippen LogP contribution in [-0.4, -0.2) is 21.4 Å². The van der Waals surface area contributed by atoms with E-state index in [4.69, 9.17) is 4.74 Å². The van der Waals surface area contributed by atoms with Crippen molar-refractivity contribution in [2.75, 3.05) is 5.32 Å². The van der Waals surface area contributed by atoms with Crippen LogP contribution in [0.25, 0.3) is 5.69 Å². The summed E-state index contributed by atoms with van der Waals surface area (Å²) in [5.41, 5.74) is 2.04. The lowest BCUT2D eigenvalue weighted by Gasteiger charge is -2.35. The zero-order valence-electron chi connectivity index (χ0n) is 15.9. The number of fused-ring (bicyclic) bond motifs is 2. The predicted molar refractivity (Wildman–Crippen MR) is 108 cm³/mol. The summed E-state index contributed by atoms with van der Waals surface area (Å²) in [5, 5.41) is 2.93. The number of hydrogen-bond donors (Lipinski definition) is 1. The molecule has 29 heavy (non-hydrogen) atoms. The molecule has 2 heterocycles. The highest BCUT2D eigenvalue weighted by molar-refractivity contribution is 5.95. The fourth-order valence-electron chi connectivity index (χ4n) is 4.42. The van der Waals surface area contributed by atoms with Crippen LogP contribution in [0.1, 0.15) is 41.6 Å². The number of nitrogens with one attached hydrogen (secondary N) is 1. The molecule has 1 spiro atoms. The number of amides is 1. The van der Waals surface area contributed by atoms with E-state index in [9.17, 15) is 9.59 Å². The van der Waals surface area contributed by atoms with Crippen LogP contribution in [0.15, 0.2) is 67.1 Å². The Bertz CT molecular complexity index is 1070. The van der Waals surface area contributed by atoms with Gasteiger partial charge in [0.15, 0.2) is 5.82 Å². The van der Waals surface area contributed by atoms with Crippen LogP contribution in [0.3, 0.4) is 0 Å². The molecule has 6 heteroatoms. The third kappa shape index (κ3) is 3.10. The topological polar surface area (TPSA) is 73.2 Å². The molecule has 2 aromatic carbocycles. The zero-order chi connectivity index (χ0) is 19.8. The van der Waals surface area contributed by atoms with Crippen LogP contribution in [0.4, 0.5) is 5.82 Å². The lowest BCUT2D eigenvalue weighted by Crippen LogP contribution is -2.36. The number of carbonyl (C=O) groups is 2. The van der Waals surface area contributed by atoms with Crippen molar-refractivity contribution in [1.82, 2.24) is 9.55 Å². The Morgan fingerprint density at radius 3 is 2.59 bits per heavy atom. The van der Waals surface area contributed by atoms with Gasteiger partial charge in [0.2, 0.25) is 5.91 Å². The molecule has 1 N–H and O–H groups in total. The van der Waals surface area contributed by atoms with Crippen molar-refractivity contribution in [3.63, 3.8) is 0 Å². The van der Waals surface area contributed by atoms with Gasteiger partial charge in [0, 0.05) is 17.2 Å². The third-order valence-electron chi connectivity index (χ3n) is 5.98. The van der Waals surface area contributed by atoms with E-state index in [-0.39, 0.29) is 17.8 Å². The minimum Gasteiger partial charge on any atom is -0.451 e. The number of imidazole rings is 1. The van der Waals surface area contributed by atoms with Crippen LogP contribution in [-0.2, 0) is 15.1 Å². The van der Waals surface area contributed by atoms with Gasteiger partial charge in [-0.25, -0.2) is 9.78 Å². The van der Waals surface area contributed by atoms with E-state index < -0.39 is 5.60 Å². The van der Waals surface area contributed by atoms with Crippen molar-refractivity contribution in [2.24, 2.45) is 5.92 Å². The van der Waals surface area contributed by atoms with E-state index in [2.05, 4.69) is 10.3 Å². The minimum absolute atomic E-state index is 0.0317. The highest BCUT2D eigenvalue weighted by atomic mass is 16.6. The van der Waals surface area contributed by atoms with Gasteiger partial charge in [-0.15, -0.1) is 0 Å². The van der Waals surface area contributed by atoms with Crippen LogP contribution < -0.4 is 5.32 Å². The normalized spacial score (nSPS) is 22.9. The molecule has 1 aliphatic heterocycles. The largest absolute Gasteiger partial charge is 0.451 e. The maximum atomic E-state index is 12.8. The van der Waals surface area contributed by atoms with Crippen molar-refractivity contribution < 1.29 is 14.3 Å². The molecular weight excluding hydrogens is 366 g/mol. The van der Waals surface area contributed by atoms with E-state index in [1.165, 1.54) is 0 Å². The van der Waals surface area contributed by atoms with Crippen molar-refractivity contribution >= 4 is 17.7 Å². The van der Waals surface area contributed by atoms with Crippen molar-refractivity contribution in [3.05, 3.63) is 78.2 Å². The van der Waals surface area contributed by atoms with Crippen molar-refractivity contribution in [2.45, 2.75) is 31.3 Å². The van der Waals surface area contributed by atoms with Crippen molar-refractivity contribution in [1.29, 1.82) is 0 Å². The standard InChI is InChI=1S/C23H21N3O3/c27-21(25-20-14-26(15-24-20)17-6-2-1-3-7-17)16-10-12-23(13-11-16)19-9-5-4-8-18(19)22(28)29-23/h1-9,14-16H,10-13H2,(H,25,27).